The van der Waals surface area contributed by atoms with Crippen LogP contribution in [0.2, 0.25) is 0 Å². The number of hydrogen-bond acceptors (Lipinski definition) is 6. The lowest BCUT2D eigenvalue weighted by Crippen LogP contribution is -2.54. The van der Waals surface area contributed by atoms with Gasteiger partial charge in [0.05, 0.1) is 4.92 Å². The van der Waals surface area contributed by atoms with E-state index in [2.05, 4.69) is 6.58 Å². The van der Waals surface area contributed by atoms with Crippen LogP contribution in [0.15, 0.2) is 36.4 Å². The molecule has 1 aliphatic rings. The molecule has 9 nitrogen and oxygen atoms in total. The van der Waals surface area contributed by atoms with Gasteiger partial charge in [-0.3, -0.25) is 29.9 Å². The Morgan fingerprint density at radius 1 is 1.35 bits per heavy atom. The summed E-state index contributed by atoms with van der Waals surface area (Å²) in [7, 11) is 0. The van der Waals surface area contributed by atoms with Gasteiger partial charge in [-0.25, -0.2) is 4.79 Å². The number of nitro groups is 1. The highest BCUT2D eigenvalue weighted by Crippen LogP contribution is 2.27. The van der Waals surface area contributed by atoms with E-state index in [0.29, 0.717) is 0 Å². The summed E-state index contributed by atoms with van der Waals surface area (Å²) in [6.07, 6.45) is 2.42. The molecule has 1 aromatic carbocycles. The molecule has 0 aliphatic carbocycles. The summed E-state index contributed by atoms with van der Waals surface area (Å²) < 4.78 is 0. The minimum absolute atomic E-state index is 0.0922. The molecule has 1 fully saturated rings. The SMILES string of the molecule is C=CCN1C(=O)NC(=O)/C(=C/c2ccc(O)c([N+](=O)[O-])c2)C1=O. The number of barbiturate groups is 1. The molecule has 0 radical (unpaired) electrons. The summed E-state index contributed by atoms with van der Waals surface area (Å²) in [5.41, 5.74) is -0.769. The number of hydrogen-bond donors (Lipinski definition) is 2. The van der Waals surface area contributed by atoms with E-state index in [1.807, 2.05) is 5.32 Å². The first kappa shape index (κ1) is 15.9. The molecular weight excluding hydrogens is 306 g/mol. The number of rotatable bonds is 4. The molecule has 1 aromatic rings. The third kappa shape index (κ3) is 3.07. The molecule has 1 heterocycles. The van der Waals surface area contributed by atoms with Crippen molar-refractivity contribution >= 4 is 29.6 Å². The van der Waals surface area contributed by atoms with E-state index in [1.54, 1.807) is 0 Å². The second kappa shape index (κ2) is 6.10. The molecule has 0 atom stereocenters. The molecular formula is C14H11N3O6. The lowest BCUT2D eigenvalue weighted by molar-refractivity contribution is -0.385. The van der Waals surface area contributed by atoms with Crippen LogP contribution in [-0.2, 0) is 9.59 Å². The first-order valence-corrected chi connectivity index (χ1v) is 6.32. The van der Waals surface area contributed by atoms with E-state index < -0.39 is 34.2 Å². The van der Waals surface area contributed by atoms with E-state index >= 15 is 0 Å². The van der Waals surface area contributed by atoms with Crippen molar-refractivity contribution in [3.8, 4) is 5.75 Å². The van der Waals surface area contributed by atoms with Crippen LogP contribution in [-0.4, -0.2) is 39.3 Å². The smallest absolute Gasteiger partial charge is 0.331 e. The summed E-state index contributed by atoms with van der Waals surface area (Å²) in [5, 5.41) is 22.2. The molecule has 0 bridgehead atoms. The number of benzene rings is 1. The third-order valence-electron chi connectivity index (χ3n) is 3.00. The molecule has 1 aliphatic heterocycles. The number of phenols is 1. The monoisotopic (exact) mass is 317 g/mol. The van der Waals surface area contributed by atoms with Crippen molar-refractivity contribution in [2.45, 2.75) is 0 Å². The fourth-order valence-corrected chi connectivity index (χ4v) is 1.93. The number of nitro benzene ring substituents is 1. The van der Waals surface area contributed by atoms with E-state index in [1.165, 1.54) is 12.1 Å². The molecule has 0 saturated carbocycles. The van der Waals surface area contributed by atoms with Gasteiger partial charge in [0.15, 0.2) is 5.75 Å². The topological polar surface area (TPSA) is 130 Å². The maximum atomic E-state index is 12.2. The minimum atomic E-state index is -0.906. The average molecular weight is 317 g/mol. The Morgan fingerprint density at radius 2 is 2.04 bits per heavy atom. The minimum Gasteiger partial charge on any atom is -0.502 e. The number of aromatic hydroxyl groups is 1. The van der Waals surface area contributed by atoms with Crippen molar-refractivity contribution in [2.24, 2.45) is 0 Å². The van der Waals surface area contributed by atoms with Gasteiger partial charge in [0, 0.05) is 12.6 Å². The first-order valence-electron chi connectivity index (χ1n) is 6.32. The second-order valence-corrected chi connectivity index (χ2v) is 4.53. The molecule has 23 heavy (non-hydrogen) atoms. The number of carbonyl (C=O) groups is 3. The van der Waals surface area contributed by atoms with E-state index in [4.69, 9.17) is 0 Å². The standard InChI is InChI=1S/C14H11N3O6/c1-2-5-16-13(20)9(12(19)15-14(16)21)6-8-3-4-11(18)10(7-8)17(22)23/h2-4,6-7,18H,1,5H2,(H,15,19,21)/b9-6-. The van der Waals surface area contributed by atoms with Crippen LogP contribution in [0.4, 0.5) is 10.5 Å². The van der Waals surface area contributed by atoms with Crippen LogP contribution >= 0.6 is 0 Å². The van der Waals surface area contributed by atoms with Gasteiger partial charge in [0.1, 0.15) is 5.57 Å². The highest BCUT2D eigenvalue weighted by molar-refractivity contribution is 6.31. The highest BCUT2D eigenvalue weighted by Gasteiger charge is 2.35. The predicted octanol–water partition coefficient (Wildman–Crippen LogP) is 0.948. The summed E-state index contributed by atoms with van der Waals surface area (Å²) in [6.45, 7) is 3.32. The molecule has 2 N–H and O–H groups in total. The molecule has 2 rings (SSSR count). The average Bonchev–Trinajstić information content (AvgIpc) is 2.49. The molecule has 0 unspecified atom stereocenters. The fraction of sp³-hybridized carbons (Fsp3) is 0.0714. The Bertz CT molecular complexity index is 768. The Labute approximate surface area is 129 Å². The van der Waals surface area contributed by atoms with Crippen molar-refractivity contribution in [1.29, 1.82) is 0 Å². The predicted molar refractivity (Wildman–Crippen MR) is 78.2 cm³/mol. The van der Waals surface area contributed by atoms with Gasteiger partial charge in [-0.05, 0) is 17.7 Å². The largest absolute Gasteiger partial charge is 0.502 e. The molecule has 118 valence electrons. The number of urea groups is 1. The number of carbonyl (C=O) groups excluding carboxylic acids is 3. The van der Waals surface area contributed by atoms with Crippen molar-refractivity contribution in [2.75, 3.05) is 6.54 Å². The van der Waals surface area contributed by atoms with E-state index in [-0.39, 0.29) is 17.7 Å². The van der Waals surface area contributed by atoms with Gasteiger partial charge >= 0.3 is 11.7 Å². The summed E-state index contributed by atoms with van der Waals surface area (Å²) in [6, 6.07) is 2.51. The molecule has 9 heteroatoms. The van der Waals surface area contributed by atoms with Gasteiger partial charge in [0.2, 0.25) is 0 Å². The third-order valence-corrected chi connectivity index (χ3v) is 3.00. The second-order valence-electron chi connectivity index (χ2n) is 4.53. The van der Waals surface area contributed by atoms with Gasteiger partial charge in [-0.1, -0.05) is 12.1 Å². The quantitative estimate of drug-likeness (QED) is 0.279. The van der Waals surface area contributed by atoms with Crippen LogP contribution in [0, 0.1) is 10.1 Å². The fourth-order valence-electron chi connectivity index (χ4n) is 1.93. The zero-order valence-electron chi connectivity index (χ0n) is 11.7. The zero-order chi connectivity index (χ0) is 17.1. The molecule has 0 aromatic heterocycles. The van der Waals surface area contributed by atoms with Crippen LogP contribution in [0.3, 0.4) is 0 Å². The number of nitrogens with zero attached hydrogens (tertiary/aromatic N) is 2. The summed E-state index contributed by atoms with van der Waals surface area (Å²) in [4.78, 5) is 46.3. The van der Waals surface area contributed by atoms with Crippen LogP contribution in [0.25, 0.3) is 6.08 Å². The van der Waals surface area contributed by atoms with Crippen LogP contribution in [0.5, 0.6) is 5.75 Å². The number of imide groups is 2. The summed E-state index contributed by atoms with van der Waals surface area (Å²) >= 11 is 0. The van der Waals surface area contributed by atoms with Crippen molar-refractivity contribution in [3.63, 3.8) is 0 Å². The summed E-state index contributed by atoms with van der Waals surface area (Å²) in [5.74, 6) is -2.29. The van der Waals surface area contributed by atoms with Crippen LogP contribution in [0.1, 0.15) is 5.56 Å². The van der Waals surface area contributed by atoms with Gasteiger partial charge in [-0.15, -0.1) is 6.58 Å². The van der Waals surface area contributed by atoms with Gasteiger partial charge < -0.3 is 5.11 Å². The Morgan fingerprint density at radius 3 is 2.65 bits per heavy atom. The Kier molecular flexibility index (Phi) is 4.21. The molecule has 0 spiro atoms. The maximum Gasteiger partial charge on any atom is 0.331 e. The Hall–Kier alpha value is -3.49. The zero-order valence-corrected chi connectivity index (χ0v) is 11.7. The molecule has 1 saturated heterocycles. The maximum absolute atomic E-state index is 12.2. The van der Waals surface area contributed by atoms with Crippen molar-refractivity contribution < 1.29 is 24.4 Å². The highest BCUT2D eigenvalue weighted by atomic mass is 16.6. The van der Waals surface area contributed by atoms with Gasteiger partial charge in [-0.2, -0.15) is 0 Å². The lowest BCUT2D eigenvalue weighted by atomic mass is 10.1. The van der Waals surface area contributed by atoms with E-state index in [0.717, 1.165) is 23.1 Å². The van der Waals surface area contributed by atoms with Crippen LogP contribution < -0.4 is 5.32 Å². The van der Waals surface area contributed by atoms with Crippen molar-refractivity contribution in [3.05, 3.63) is 52.1 Å². The van der Waals surface area contributed by atoms with E-state index in [9.17, 15) is 29.6 Å². The number of phenolic OH excluding ortho intramolecular Hbond substituents is 1. The number of nitrogens with one attached hydrogen (secondary N) is 1. The van der Waals surface area contributed by atoms with Gasteiger partial charge in [0.25, 0.3) is 11.8 Å². The normalized spacial score (nSPS) is 16.4. The Balaban J connectivity index is 2.44. The van der Waals surface area contributed by atoms with Crippen molar-refractivity contribution in [1.82, 2.24) is 10.2 Å². The molecule has 4 amide bonds. The lowest BCUT2D eigenvalue weighted by Gasteiger charge is -2.25. The first-order chi connectivity index (χ1) is 10.8. The number of amides is 4.